The lowest BCUT2D eigenvalue weighted by Crippen LogP contribution is -2.30. The third-order valence-corrected chi connectivity index (χ3v) is 3.59. The van der Waals surface area contributed by atoms with E-state index in [1.807, 2.05) is 0 Å². The van der Waals surface area contributed by atoms with Gasteiger partial charge in [-0.3, -0.25) is 11.3 Å². The van der Waals surface area contributed by atoms with Crippen molar-refractivity contribution in [1.29, 1.82) is 0 Å². The van der Waals surface area contributed by atoms with Gasteiger partial charge in [-0.15, -0.1) is 0 Å². The van der Waals surface area contributed by atoms with E-state index in [-0.39, 0.29) is 12.0 Å². The Morgan fingerprint density at radius 3 is 2.40 bits per heavy atom. The molecule has 5 N–H and O–H groups in total. The minimum Gasteiger partial charge on any atom is -0.398 e. The first-order valence-corrected chi connectivity index (χ1v) is 6.76. The third kappa shape index (κ3) is 3.15. The summed E-state index contributed by atoms with van der Waals surface area (Å²) in [6, 6.07) is 8.55. The smallest absolute Gasteiger partial charge is 0.129 e. The lowest BCUT2D eigenvalue weighted by molar-refractivity contribution is 0.500. The van der Waals surface area contributed by atoms with E-state index >= 15 is 0 Å². The number of halogens is 3. The van der Waals surface area contributed by atoms with Crippen molar-refractivity contribution in [1.82, 2.24) is 5.43 Å². The first kappa shape index (κ1) is 14.9. The monoisotopic (exact) mass is 341 g/mol. The third-order valence-electron chi connectivity index (χ3n) is 3.10. The molecule has 0 bridgehead atoms. The molecule has 2 rings (SSSR count). The molecule has 0 heterocycles. The average Bonchev–Trinajstić information content (AvgIpc) is 2.42. The molecular formula is C14H14BrF2N3. The number of nitrogen functional groups attached to an aromatic ring is 1. The number of nitrogens with two attached hydrogens (primary N) is 2. The van der Waals surface area contributed by atoms with Crippen LogP contribution in [-0.4, -0.2) is 0 Å². The molecule has 3 nitrogen and oxygen atoms in total. The molecular weight excluding hydrogens is 328 g/mol. The van der Waals surface area contributed by atoms with E-state index in [4.69, 9.17) is 11.6 Å². The SMILES string of the molecule is NNC(Cc1c(F)cccc1F)c1cc(Br)ccc1N. The van der Waals surface area contributed by atoms with Gasteiger partial charge < -0.3 is 5.73 Å². The summed E-state index contributed by atoms with van der Waals surface area (Å²) in [5, 5.41) is 0. The Bertz CT molecular complexity index is 599. The van der Waals surface area contributed by atoms with Gasteiger partial charge in [-0.2, -0.15) is 0 Å². The van der Waals surface area contributed by atoms with Gasteiger partial charge in [-0.05, 0) is 42.3 Å². The molecule has 0 amide bonds. The van der Waals surface area contributed by atoms with Gasteiger partial charge in [0.2, 0.25) is 0 Å². The number of rotatable bonds is 4. The standard InChI is InChI=1S/C14H14BrF2N3/c15-8-4-5-13(18)10(6-8)14(20-19)7-9-11(16)2-1-3-12(9)17/h1-6,14,20H,7,18-19H2. The lowest BCUT2D eigenvalue weighted by Gasteiger charge is -2.19. The molecule has 6 heteroatoms. The molecule has 0 saturated heterocycles. The number of benzene rings is 2. The molecule has 0 aromatic heterocycles. The van der Waals surface area contributed by atoms with Crippen LogP contribution in [0, 0.1) is 11.6 Å². The fraction of sp³-hybridized carbons (Fsp3) is 0.143. The molecule has 106 valence electrons. The summed E-state index contributed by atoms with van der Waals surface area (Å²) in [5.41, 5.74) is 9.62. The van der Waals surface area contributed by atoms with E-state index < -0.39 is 17.7 Å². The highest BCUT2D eigenvalue weighted by atomic mass is 79.9. The summed E-state index contributed by atoms with van der Waals surface area (Å²) in [5.74, 6) is 4.31. The number of nitrogens with one attached hydrogen (secondary N) is 1. The van der Waals surface area contributed by atoms with E-state index in [0.717, 1.165) is 4.47 Å². The predicted molar refractivity (Wildman–Crippen MR) is 78.7 cm³/mol. The molecule has 0 aliphatic heterocycles. The summed E-state index contributed by atoms with van der Waals surface area (Å²) < 4.78 is 28.2. The number of hydrogen-bond donors (Lipinski definition) is 3. The Balaban J connectivity index is 2.36. The molecule has 0 aliphatic carbocycles. The van der Waals surface area contributed by atoms with Gasteiger partial charge in [0, 0.05) is 15.7 Å². The number of anilines is 1. The second kappa shape index (κ2) is 6.30. The van der Waals surface area contributed by atoms with Crippen molar-refractivity contribution in [3.8, 4) is 0 Å². The summed E-state index contributed by atoms with van der Waals surface area (Å²) in [4.78, 5) is 0. The maximum Gasteiger partial charge on any atom is 0.129 e. The molecule has 0 fully saturated rings. The minimum atomic E-state index is -0.598. The Kier molecular flexibility index (Phi) is 4.69. The van der Waals surface area contributed by atoms with E-state index in [2.05, 4.69) is 21.4 Å². The average molecular weight is 342 g/mol. The quantitative estimate of drug-likeness (QED) is 0.455. The zero-order valence-electron chi connectivity index (χ0n) is 10.5. The van der Waals surface area contributed by atoms with Crippen LogP contribution in [0.3, 0.4) is 0 Å². The van der Waals surface area contributed by atoms with Crippen LogP contribution < -0.4 is 17.0 Å². The second-order valence-electron chi connectivity index (χ2n) is 4.40. The van der Waals surface area contributed by atoms with Gasteiger partial charge in [-0.25, -0.2) is 8.78 Å². The van der Waals surface area contributed by atoms with E-state index in [0.29, 0.717) is 11.3 Å². The van der Waals surface area contributed by atoms with Gasteiger partial charge in [-0.1, -0.05) is 22.0 Å². The molecule has 1 unspecified atom stereocenters. The molecule has 0 radical (unpaired) electrons. The number of hydrogen-bond acceptors (Lipinski definition) is 3. The molecule has 0 aliphatic rings. The summed E-state index contributed by atoms with van der Waals surface area (Å²) in [6.07, 6.45) is 0.0651. The van der Waals surface area contributed by atoms with Crippen LogP contribution in [0.4, 0.5) is 14.5 Å². The van der Waals surface area contributed by atoms with Crippen LogP contribution in [0.1, 0.15) is 17.2 Å². The fourth-order valence-corrected chi connectivity index (χ4v) is 2.42. The Labute approximate surface area is 124 Å². The summed E-state index contributed by atoms with van der Waals surface area (Å²) >= 11 is 3.34. The van der Waals surface area contributed by atoms with Crippen molar-refractivity contribution in [2.75, 3.05) is 5.73 Å². The highest BCUT2D eigenvalue weighted by Crippen LogP contribution is 2.28. The molecule has 2 aromatic carbocycles. The van der Waals surface area contributed by atoms with Crippen LogP contribution in [0.2, 0.25) is 0 Å². The molecule has 1 atom stereocenters. The fourth-order valence-electron chi connectivity index (χ4n) is 2.04. The summed E-state index contributed by atoms with van der Waals surface area (Å²) in [7, 11) is 0. The van der Waals surface area contributed by atoms with Crippen LogP contribution in [0.5, 0.6) is 0 Å². The van der Waals surface area contributed by atoms with Crippen molar-refractivity contribution in [3.63, 3.8) is 0 Å². The maximum atomic E-state index is 13.7. The lowest BCUT2D eigenvalue weighted by atomic mass is 9.97. The molecule has 2 aromatic rings. The number of hydrazine groups is 1. The highest BCUT2D eigenvalue weighted by molar-refractivity contribution is 9.10. The minimum absolute atomic E-state index is 0.0187. The van der Waals surface area contributed by atoms with Crippen molar-refractivity contribution >= 4 is 21.6 Å². The van der Waals surface area contributed by atoms with E-state index in [1.165, 1.54) is 18.2 Å². The molecule has 0 saturated carbocycles. The first-order valence-electron chi connectivity index (χ1n) is 5.97. The zero-order valence-corrected chi connectivity index (χ0v) is 12.1. The van der Waals surface area contributed by atoms with Gasteiger partial charge in [0.1, 0.15) is 11.6 Å². The molecule has 0 spiro atoms. The van der Waals surface area contributed by atoms with Crippen molar-refractivity contribution in [2.45, 2.75) is 12.5 Å². The van der Waals surface area contributed by atoms with Crippen molar-refractivity contribution in [2.24, 2.45) is 5.84 Å². The van der Waals surface area contributed by atoms with Crippen molar-refractivity contribution < 1.29 is 8.78 Å². The maximum absolute atomic E-state index is 13.7. The Morgan fingerprint density at radius 2 is 1.80 bits per heavy atom. The van der Waals surface area contributed by atoms with Crippen molar-refractivity contribution in [3.05, 3.63) is 63.6 Å². The van der Waals surface area contributed by atoms with Gasteiger partial charge in [0.05, 0.1) is 6.04 Å². The normalized spacial score (nSPS) is 12.4. The Hall–Kier alpha value is -1.50. The van der Waals surface area contributed by atoms with Gasteiger partial charge >= 0.3 is 0 Å². The van der Waals surface area contributed by atoms with Gasteiger partial charge in [0.15, 0.2) is 0 Å². The molecule has 20 heavy (non-hydrogen) atoms. The zero-order chi connectivity index (χ0) is 14.7. The van der Waals surface area contributed by atoms with E-state index in [9.17, 15) is 8.78 Å². The van der Waals surface area contributed by atoms with Crippen LogP contribution in [-0.2, 0) is 6.42 Å². The first-order chi connectivity index (χ1) is 9.52. The van der Waals surface area contributed by atoms with Crippen LogP contribution in [0.25, 0.3) is 0 Å². The topological polar surface area (TPSA) is 64.1 Å². The second-order valence-corrected chi connectivity index (χ2v) is 5.31. The largest absolute Gasteiger partial charge is 0.398 e. The highest BCUT2D eigenvalue weighted by Gasteiger charge is 2.18. The summed E-state index contributed by atoms with van der Waals surface area (Å²) in [6.45, 7) is 0. The van der Waals surface area contributed by atoms with Gasteiger partial charge in [0.25, 0.3) is 0 Å². The van der Waals surface area contributed by atoms with E-state index in [1.54, 1.807) is 18.2 Å². The van der Waals surface area contributed by atoms with Crippen LogP contribution in [0.15, 0.2) is 40.9 Å². The van der Waals surface area contributed by atoms with Crippen LogP contribution >= 0.6 is 15.9 Å². The Morgan fingerprint density at radius 1 is 1.15 bits per heavy atom. The predicted octanol–water partition coefficient (Wildman–Crippen LogP) is 3.06.